The van der Waals surface area contributed by atoms with Crippen molar-refractivity contribution in [3.8, 4) is 5.75 Å². The second-order valence-electron chi connectivity index (χ2n) is 6.64. The van der Waals surface area contributed by atoms with Crippen molar-refractivity contribution >= 4 is 27.6 Å². The maximum Gasteiger partial charge on any atom is 0.344 e. The third-order valence-corrected chi connectivity index (χ3v) is 6.45. The first-order valence-corrected chi connectivity index (χ1v) is 10.4. The van der Waals surface area contributed by atoms with Crippen LogP contribution in [0.1, 0.15) is 11.1 Å². The summed E-state index contributed by atoms with van der Waals surface area (Å²) >= 11 is 0. The van der Waals surface area contributed by atoms with Crippen LogP contribution in [0.3, 0.4) is 0 Å². The van der Waals surface area contributed by atoms with Crippen LogP contribution in [-0.4, -0.2) is 30.8 Å². The van der Waals surface area contributed by atoms with Gasteiger partial charge in [-0.05, 0) is 48.9 Å². The van der Waals surface area contributed by atoms with Crippen molar-refractivity contribution < 1.29 is 17.9 Å². The second-order valence-corrected chi connectivity index (χ2v) is 8.47. The topological polar surface area (TPSA) is 79.8 Å². The van der Waals surface area contributed by atoms with Gasteiger partial charge in [0.2, 0.25) is 0 Å². The molecule has 8 heteroatoms. The molecule has 0 bridgehead atoms. The molecule has 0 atom stereocenters. The molecular formula is C21H19N3O4S. The van der Waals surface area contributed by atoms with E-state index in [0.29, 0.717) is 11.4 Å². The van der Waals surface area contributed by atoms with Gasteiger partial charge < -0.3 is 4.74 Å². The van der Waals surface area contributed by atoms with Gasteiger partial charge in [0.05, 0.1) is 19.3 Å². The summed E-state index contributed by atoms with van der Waals surface area (Å²) < 4.78 is 32.4. The number of aryl methyl sites for hydroxylation is 1. The summed E-state index contributed by atoms with van der Waals surface area (Å²) in [4.78, 5) is 18.8. The molecule has 7 nitrogen and oxygen atoms in total. The monoisotopic (exact) mass is 409 g/mol. The average molecular weight is 409 g/mol. The molecule has 0 N–H and O–H groups in total. The first-order chi connectivity index (χ1) is 13.9. The molecule has 0 radical (unpaired) electrons. The van der Waals surface area contributed by atoms with E-state index in [9.17, 15) is 13.2 Å². The van der Waals surface area contributed by atoms with Crippen molar-refractivity contribution in [3.05, 3.63) is 78.0 Å². The van der Waals surface area contributed by atoms with E-state index >= 15 is 0 Å². The number of fused-ring (bicyclic) bond motifs is 1. The molecule has 0 saturated heterocycles. The van der Waals surface area contributed by atoms with Gasteiger partial charge in [0.1, 0.15) is 10.6 Å². The summed E-state index contributed by atoms with van der Waals surface area (Å²) in [7, 11) is -2.49. The Kier molecular flexibility index (Phi) is 4.71. The number of carbonyl (C=O) groups excluding carboxylic acids is 1. The molecule has 0 spiro atoms. The molecule has 148 valence electrons. The summed E-state index contributed by atoms with van der Waals surface area (Å²) in [5, 5.41) is 0. The first kappa shape index (κ1) is 18.9. The normalized spacial score (nSPS) is 15.2. The fraction of sp³-hybridized carbons (Fsp3) is 0.143. The van der Waals surface area contributed by atoms with Gasteiger partial charge in [-0.15, -0.1) is 0 Å². The van der Waals surface area contributed by atoms with Crippen LogP contribution in [0.2, 0.25) is 0 Å². The molecule has 0 unspecified atom stereocenters. The molecule has 2 amide bonds. The van der Waals surface area contributed by atoms with E-state index in [1.807, 2.05) is 31.2 Å². The first-order valence-electron chi connectivity index (χ1n) is 8.93. The van der Waals surface area contributed by atoms with Crippen LogP contribution < -0.4 is 9.64 Å². The zero-order valence-corrected chi connectivity index (χ0v) is 16.8. The van der Waals surface area contributed by atoms with E-state index in [1.54, 1.807) is 37.4 Å². The summed E-state index contributed by atoms with van der Waals surface area (Å²) in [5.41, 5.74) is 2.27. The standard InChI is InChI=1S/C21H19N3O4S/c1-15-5-7-16(8-6-15)14-23-21(25)24(17-9-11-18(28-2)12-10-17)20-19(29(23,26)27)4-3-13-22-20/h3-13H,14H2,1-2H3. The lowest BCUT2D eigenvalue weighted by molar-refractivity contribution is 0.229. The van der Waals surface area contributed by atoms with Gasteiger partial charge in [0.15, 0.2) is 5.82 Å². The molecule has 1 aliphatic rings. The molecule has 1 aliphatic heterocycles. The van der Waals surface area contributed by atoms with Crippen molar-refractivity contribution in [3.63, 3.8) is 0 Å². The number of carbonyl (C=O) groups is 1. The van der Waals surface area contributed by atoms with Crippen molar-refractivity contribution in [1.29, 1.82) is 0 Å². The highest BCUT2D eigenvalue weighted by atomic mass is 32.2. The number of hydrogen-bond acceptors (Lipinski definition) is 5. The fourth-order valence-corrected chi connectivity index (χ4v) is 4.62. The SMILES string of the molecule is COc1ccc(N2C(=O)N(Cc3ccc(C)cc3)S(=O)(=O)c3cccnc32)cc1. The molecule has 0 saturated carbocycles. The molecular weight excluding hydrogens is 390 g/mol. The lowest BCUT2D eigenvalue weighted by atomic mass is 10.1. The number of methoxy groups -OCH3 is 1. The smallest absolute Gasteiger partial charge is 0.344 e. The number of amides is 2. The van der Waals surface area contributed by atoms with Crippen LogP contribution in [0.25, 0.3) is 0 Å². The van der Waals surface area contributed by atoms with Crippen molar-refractivity contribution in [2.24, 2.45) is 0 Å². The number of anilines is 2. The predicted molar refractivity (Wildman–Crippen MR) is 109 cm³/mol. The Morgan fingerprint density at radius 2 is 1.69 bits per heavy atom. The third-order valence-electron chi connectivity index (χ3n) is 4.71. The zero-order chi connectivity index (χ0) is 20.6. The number of benzene rings is 2. The molecule has 3 aromatic rings. The Bertz CT molecular complexity index is 1160. The van der Waals surface area contributed by atoms with Crippen molar-refractivity contribution in [2.45, 2.75) is 18.4 Å². The maximum atomic E-state index is 13.3. The zero-order valence-electron chi connectivity index (χ0n) is 15.9. The number of rotatable bonds is 4. The minimum atomic E-state index is -4.04. The van der Waals surface area contributed by atoms with E-state index in [1.165, 1.54) is 17.2 Å². The minimum Gasteiger partial charge on any atom is -0.497 e. The summed E-state index contributed by atoms with van der Waals surface area (Å²) in [6, 6.07) is 16.5. The number of ether oxygens (including phenoxy) is 1. The largest absolute Gasteiger partial charge is 0.497 e. The van der Waals surface area contributed by atoms with Crippen molar-refractivity contribution in [1.82, 2.24) is 9.29 Å². The number of pyridine rings is 1. The van der Waals surface area contributed by atoms with Gasteiger partial charge in [0, 0.05) is 6.20 Å². The summed E-state index contributed by atoms with van der Waals surface area (Å²) in [6.45, 7) is 1.88. The molecule has 0 aliphatic carbocycles. The Hall–Kier alpha value is -3.39. The van der Waals surface area contributed by atoms with Crippen LogP contribution in [-0.2, 0) is 16.6 Å². The Labute approximate surface area is 169 Å². The minimum absolute atomic E-state index is 0.0115. The number of sulfonamides is 1. The number of urea groups is 1. The molecule has 4 rings (SSSR count). The van der Waals surface area contributed by atoms with E-state index in [2.05, 4.69) is 4.98 Å². The van der Waals surface area contributed by atoms with Crippen molar-refractivity contribution in [2.75, 3.05) is 12.0 Å². The van der Waals surface area contributed by atoms with E-state index < -0.39 is 16.1 Å². The average Bonchev–Trinajstić information content (AvgIpc) is 2.73. The number of aromatic nitrogens is 1. The molecule has 2 aromatic carbocycles. The van der Waals surface area contributed by atoms with Crippen LogP contribution in [0.4, 0.5) is 16.3 Å². The van der Waals surface area contributed by atoms with Gasteiger partial charge >= 0.3 is 6.03 Å². The highest BCUT2D eigenvalue weighted by Gasteiger charge is 2.43. The number of nitrogens with zero attached hydrogens (tertiary/aromatic N) is 3. The summed E-state index contributed by atoms with van der Waals surface area (Å²) in [6.07, 6.45) is 1.47. The lowest BCUT2D eigenvalue weighted by Crippen LogP contribution is -2.48. The van der Waals surface area contributed by atoms with Gasteiger partial charge in [-0.25, -0.2) is 27.4 Å². The summed E-state index contributed by atoms with van der Waals surface area (Å²) in [5.74, 6) is 0.714. The van der Waals surface area contributed by atoms with Crippen LogP contribution in [0, 0.1) is 6.92 Å². The Balaban J connectivity index is 1.83. The maximum absolute atomic E-state index is 13.3. The number of hydrogen-bond donors (Lipinski definition) is 0. The fourth-order valence-electron chi connectivity index (χ4n) is 3.15. The van der Waals surface area contributed by atoms with Gasteiger partial charge in [-0.2, -0.15) is 0 Å². The van der Waals surface area contributed by atoms with Crippen LogP contribution in [0.15, 0.2) is 71.8 Å². The second kappa shape index (κ2) is 7.21. The van der Waals surface area contributed by atoms with E-state index in [4.69, 9.17) is 4.74 Å². The van der Waals surface area contributed by atoms with Gasteiger partial charge in [-0.3, -0.25) is 0 Å². The lowest BCUT2D eigenvalue weighted by Gasteiger charge is -2.35. The molecule has 2 heterocycles. The Morgan fingerprint density at radius 3 is 2.34 bits per heavy atom. The Morgan fingerprint density at radius 1 is 1.00 bits per heavy atom. The molecule has 0 fully saturated rings. The van der Waals surface area contributed by atoms with Crippen LogP contribution in [0.5, 0.6) is 5.75 Å². The predicted octanol–water partition coefficient (Wildman–Crippen LogP) is 3.86. The van der Waals surface area contributed by atoms with Crippen LogP contribution >= 0.6 is 0 Å². The van der Waals surface area contributed by atoms with Gasteiger partial charge in [-0.1, -0.05) is 29.8 Å². The highest BCUT2D eigenvalue weighted by Crippen LogP contribution is 2.38. The van der Waals surface area contributed by atoms with E-state index in [0.717, 1.165) is 15.4 Å². The van der Waals surface area contributed by atoms with Gasteiger partial charge in [0.25, 0.3) is 10.0 Å². The molecule has 1 aromatic heterocycles. The third kappa shape index (κ3) is 3.31. The molecule has 29 heavy (non-hydrogen) atoms. The highest BCUT2D eigenvalue weighted by molar-refractivity contribution is 7.90. The van der Waals surface area contributed by atoms with E-state index in [-0.39, 0.29) is 17.3 Å². The quantitative estimate of drug-likeness (QED) is 0.654.